The van der Waals surface area contributed by atoms with Crippen LogP contribution in [0.15, 0.2) is 58.4 Å². The molecule has 1 unspecified atom stereocenters. The molecule has 1 N–H and O–H groups in total. The summed E-state index contributed by atoms with van der Waals surface area (Å²) >= 11 is 6.33. The smallest absolute Gasteiger partial charge is 0.284 e. The van der Waals surface area contributed by atoms with Crippen LogP contribution in [0, 0.1) is 0 Å². The zero-order valence-electron chi connectivity index (χ0n) is 14.2. The Bertz CT molecular complexity index is 942. The molecule has 27 heavy (non-hydrogen) atoms. The van der Waals surface area contributed by atoms with Crippen LogP contribution in [-0.4, -0.2) is 45.9 Å². The van der Waals surface area contributed by atoms with Gasteiger partial charge in [0.2, 0.25) is 0 Å². The van der Waals surface area contributed by atoms with Crippen LogP contribution in [0.1, 0.15) is 33.7 Å². The van der Waals surface area contributed by atoms with Crippen molar-refractivity contribution >= 4 is 35.0 Å². The second-order valence-electron chi connectivity index (χ2n) is 6.22. The highest BCUT2D eigenvalue weighted by atomic mass is 35.5. The normalized spacial score (nSPS) is 21.4. The van der Waals surface area contributed by atoms with E-state index in [1.54, 1.807) is 30.4 Å². The van der Waals surface area contributed by atoms with E-state index >= 15 is 0 Å². The largest absolute Gasteiger partial charge is 0.344 e. The maximum absolute atomic E-state index is 12.6. The molecule has 1 atom stereocenters. The molecule has 1 aromatic rings. The number of hydrogen-bond donors (Lipinski definition) is 1. The molecule has 1 aromatic heterocycles. The maximum Gasteiger partial charge on any atom is 0.284 e. The van der Waals surface area contributed by atoms with Gasteiger partial charge in [-0.3, -0.25) is 24.4 Å². The summed E-state index contributed by atoms with van der Waals surface area (Å²) in [7, 11) is 0. The van der Waals surface area contributed by atoms with Crippen LogP contribution in [-0.2, 0) is 4.79 Å². The molecule has 2 aliphatic heterocycles. The molecule has 3 aliphatic rings. The number of allylic oxidation sites excluding steroid dienone is 1. The van der Waals surface area contributed by atoms with Crippen molar-refractivity contribution in [3.8, 4) is 0 Å². The first kappa shape index (κ1) is 17.4. The minimum Gasteiger partial charge on any atom is -0.344 e. The maximum atomic E-state index is 12.6. The van der Waals surface area contributed by atoms with Crippen LogP contribution < -0.4 is 5.32 Å². The number of nitrogens with one attached hydrogen (secondary N) is 1. The lowest BCUT2D eigenvalue weighted by Crippen LogP contribution is -2.40. The molecule has 136 valence electrons. The van der Waals surface area contributed by atoms with Crippen LogP contribution in [0.3, 0.4) is 0 Å². The quantitative estimate of drug-likeness (QED) is 0.809. The number of halogens is 1. The van der Waals surface area contributed by atoms with Crippen LogP contribution in [0.5, 0.6) is 0 Å². The summed E-state index contributed by atoms with van der Waals surface area (Å²) in [6.07, 6.45) is 9.59. The van der Waals surface area contributed by atoms with Gasteiger partial charge in [-0.25, -0.2) is 4.90 Å². The number of nitrogens with zero attached hydrogens (tertiary/aromatic N) is 3. The number of hydrogen-bond acceptors (Lipinski definition) is 5. The number of carbonyl (C=O) groups is 3. The van der Waals surface area contributed by atoms with E-state index < -0.39 is 11.8 Å². The van der Waals surface area contributed by atoms with Crippen LogP contribution in [0.2, 0.25) is 0 Å². The van der Waals surface area contributed by atoms with E-state index in [4.69, 9.17) is 11.6 Å². The van der Waals surface area contributed by atoms with Crippen molar-refractivity contribution in [1.29, 1.82) is 0 Å². The van der Waals surface area contributed by atoms with E-state index in [-0.39, 0.29) is 28.2 Å². The Morgan fingerprint density at radius 2 is 2.15 bits per heavy atom. The van der Waals surface area contributed by atoms with Gasteiger partial charge in [-0.15, -0.1) is 0 Å². The number of dihydropyridines is 1. The number of pyridine rings is 1. The van der Waals surface area contributed by atoms with Crippen molar-refractivity contribution in [3.05, 3.63) is 64.6 Å². The Hall–Kier alpha value is -3.06. The van der Waals surface area contributed by atoms with Crippen molar-refractivity contribution in [2.45, 2.75) is 18.9 Å². The number of aromatic nitrogens is 1. The molecule has 4 rings (SSSR count). The van der Waals surface area contributed by atoms with Crippen molar-refractivity contribution in [1.82, 2.24) is 15.2 Å². The van der Waals surface area contributed by atoms with E-state index in [9.17, 15) is 14.4 Å². The molecule has 0 radical (unpaired) electrons. The van der Waals surface area contributed by atoms with Gasteiger partial charge in [0, 0.05) is 12.7 Å². The van der Waals surface area contributed by atoms with Gasteiger partial charge in [-0.2, -0.15) is 0 Å². The zero-order chi connectivity index (χ0) is 19.0. The predicted octanol–water partition coefficient (Wildman–Crippen LogP) is 1.97. The summed E-state index contributed by atoms with van der Waals surface area (Å²) in [5.41, 5.74) is 1.06. The standard InChI is InChI=1S/C19H15ClN4O3/c20-13-10-11(23-17(25)14-5-1-2-8-21-14)6-7-15(13)24-18(26)12-4-3-9-22-16(12)19(24)27/h1,3-5,7,9-11H,2,6,8H2,(H,23,25). The average Bonchev–Trinajstić information content (AvgIpc) is 2.94. The lowest BCUT2D eigenvalue weighted by Gasteiger charge is -2.24. The second kappa shape index (κ2) is 6.92. The third-order valence-electron chi connectivity index (χ3n) is 4.45. The molecule has 1 aliphatic carbocycles. The van der Waals surface area contributed by atoms with Crippen LogP contribution in [0.25, 0.3) is 0 Å². The number of rotatable bonds is 3. The van der Waals surface area contributed by atoms with Crippen molar-refractivity contribution in [2.75, 3.05) is 6.54 Å². The van der Waals surface area contributed by atoms with Crippen molar-refractivity contribution in [3.63, 3.8) is 0 Å². The molecule has 7 nitrogen and oxygen atoms in total. The minimum absolute atomic E-state index is 0.116. The lowest BCUT2D eigenvalue weighted by atomic mass is 10.1. The van der Waals surface area contributed by atoms with Gasteiger partial charge in [0.05, 0.1) is 22.3 Å². The van der Waals surface area contributed by atoms with Crippen molar-refractivity contribution in [2.24, 2.45) is 4.99 Å². The van der Waals surface area contributed by atoms with E-state index in [0.29, 0.717) is 24.4 Å². The number of fused-ring (bicyclic) bond motifs is 1. The van der Waals surface area contributed by atoms with Crippen molar-refractivity contribution < 1.29 is 14.4 Å². The van der Waals surface area contributed by atoms with E-state index in [1.165, 1.54) is 6.20 Å². The molecule has 3 heterocycles. The minimum atomic E-state index is -0.502. The Labute approximate surface area is 160 Å². The zero-order valence-corrected chi connectivity index (χ0v) is 14.9. The van der Waals surface area contributed by atoms with Crippen LogP contribution >= 0.6 is 11.6 Å². The highest BCUT2D eigenvalue weighted by Gasteiger charge is 2.40. The van der Waals surface area contributed by atoms with Gasteiger partial charge in [0.25, 0.3) is 17.7 Å². The molecule has 8 heteroatoms. The topological polar surface area (TPSA) is 91.7 Å². The fourth-order valence-corrected chi connectivity index (χ4v) is 3.46. The summed E-state index contributed by atoms with van der Waals surface area (Å²) in [6.45, 7) is 0.596. The Kier molecular flexibility index (Phi) is 4.45. The van der Waals surface area contributed by atoms with Gasteiger partial charge in [-0.05, 0) is 37.1 Å². The van der Waals surface area contributed by atoms with Gasteiger partial charge in [0.15, 0.2) is 0 Å². The first-order chi connectivity index (χ1) is 13.1. The second-order valence-corrected chi connectivity index (χ2v) is 6.63. The Balaban J connectivity index is 1.50. The fraction of sp³-hybridized carbons (Fsp3) is 0.211. The summed E-state index contributed by atoms with van der Waals surface area (Å²) in [6, 6.07) is 2.82. The SMILES string of the molecule is O=C(NC1C=C(Cl)C(N2C(=O)c3cccnc3C2=O)=CC1)C1=NCCC=C1. The molecule has 0 spiro atoms. The predicted molar refractivity (Wildman–Crippen MR) is 99.4 cm³/mol. The molecular formula is C19H15ClN4O3. The van der Waals surface area contributed by atoms with E-state index in [2.05, 4.69) is 15.3 Å². The third-order valence-corrected chi connectivity index (χ3v) is 4.77. The monoisotopic (exact) mass is 382 g/mol. The van der Waals surface area contributed by atoms with E-state index in [1.807, 2.05) is 6.08 Å². The summed E-state index contributed by atoms with van der Waals surface area (Å²) in [5.74, 6) is -1.24. The summed E-state index contributed by atoms with van der Waals surface area (Å²) in [4.78, 5) is 46.6. The number of carbonyl (C=O) groups excluding carboxylic acids is 3. The highest BCUT2D eigenvalue weighted by molar-refractivity contribution is 6.43. The Morgan fingerprint density at radius 1 is 1.30 bits per heavy atom. The Morgan fingerprint density at radius 3 is 2.85 bits per heavy atom. The van der Waals surface area contributed by atoms with Crippen LogP contribution in [0.4, 0.5) is 0 Å². The van der Waals surface area contributed by atoms with Gasteiger partial charge in [-0.1, -0.05) is 23.8 Å². The first-order valence-electron chi connectivity index (χ1n) is 8.50. The van der Waals surface area contributed by atoms with Gasteiger partial charge in [0.1, 0.15) is 11.4 Å². The molecule has 0 bridgehead atoms. The highest BCUT2D eigenvalue weighted by Crippen LogP contribution is 2.32. The average molecular weight is 383 g/mol. The van der Waals surface area contributed by atoms with Gasteiger partial charge >= 0.3 is 0 Å². The lowest BCUT2D eigenvalue weighted by molar-refractivity contribution is -0.115. The fourth-order valence-electron chi connectivity index (χ4n) is 3.15. The number of amides is 3. The molecule has 0 saturated heterocycles. The molecule has 0 aromatic carbocycles. The molecule has 3 amide bonds. The molecular weight excluding hydrogens is 368 g/mol. The third kappa shape index (κ3) is 3.10. The number of aliphatic imine (C=N–C) groups is 1. The van der Waals surface area contributed by atoms with E-state index in [0.717, 1.165) is 11.3 Å². The molecule has 0 fully saturated rings. The summed E-state index contributed by atoms with van der Waals surface area (Å²) < 4.78 is 0. The van der Waals surface area contributed by atoms with Gasteiger partial charge < -0.3 is 5.32 Å². The molecule has 0 saturated carbocycles. The number of imide groups is 1. The first-order valence-corrected chi connectivity index (χ1v) is 8.87. The summed E-state index contributed by atoms with van der Waals surface area (Å²) in [5, 5.41) is 3.07.